The number of ether oxygens (including phenoxy) is 1. The van der Waals surface area contributed by atoms with Crippen LogP contribution in [0.4, 0.5) is 0 Å². The lowest BCUT2D eigenvalue weighted by Crippen LogP contribution is -2.32. The molecule has 1 aliphatic carbocycles. The average Bonchev–Trinajstić information content (AvgIpc) is 2.17. The van der Waals surface area contributed by atoms with E-state index in [1.807, 2.05) is 0 Å². The third-order valence-electron chi connectivity index (χ3n) is 3.52. The van der Waals surface area contributed by atoms with Crippen molar-refractivity contribution in [3.8, 4) is 0 Å². The minimum absolute atomic E-state index is 0.310. The van der Waals surface area contributed by atoms with E-state index < -0.39 is 0 Å². The summed E-state index contributed by atoms with van der Waals surface area (Å²) in [5, 5.41) is 0. The van der Waals surface area contributed by atoms with Crippen LogP contribution in [0, 0.1) is 11.8 Å². The van der Waals surface area contributed by atoms with Crippen LogP contribution in [0.5, 0.6) is 0 Å². The van der Waals surface area contributed by atoms with Crippen molar-refractivity contribution in [1.29, 1.82) is 0 Å². The van der Waals surface area contributed by atoms with Gasteiger partial charge in [0.15, 0.2) is 5.78 Å². The lowest BCUT2D eigenvalue weighted by Gasteiger charge is -2.36. The van der Waals surface area contributed by atoms with Crippen LogP contribution in [0.1, 0.15) is 46.5 Å². The molecule has 15 heavy (non-hydrogen) atoms. The molecule has 2 nitrogen and oxygen atoms in total. The maximum absolute atomic E-state index is 11.8. The van der Waals surface area contributed by atoms with Gasteiger partial charge in [0.05, 0.1) is 0 Å². The van der Waals surface area contributed by atoms with E-state index in [-0.39, 0.29) is 0 Å². The van der Waals surface area contributed by atoms with Crippen molar-refractivity contribution >= 4 is 5.78 Å². The molecule has 0 saturated carbocycles. The van der Waals surface area contributed by atoms with Crippen LogP contribution in [0.25, 0.3) is 0 Å². The molecule has 0 spiro atoms. The summed E-state index contributed by atoms with van der Waals surface area (Å²) in [5.41, 5.74) is 0.998. The lowest BCUT2D eigenvalue weighted by molar-refractivity contribution is -0.118. The Morgan fingerprint density at radius 3 is 2.73 bits per heavy atom. The highest BCUT2D eigenvalue weighted by Gasteiger charge is 2.34. The Labute approximate surface area is 91.7 Å². The molecule has 0 fully saturated rings. The number of hydrogen-bond acceptors (Lipinski definition) is 2. The molecule has 2 aliphatic rings. The largest absolute Gasteiger partial charge is 0.494 e. The van der Waals surface area contributed by atoms with E-state index in [0.717, 1.165) is 37.0 Å². The van der Waals surface area contributed by atoms with Gasteiger partial charge in [0.25, 0.3) is 0 Å². The molecule has 0 aromatic rings. The Hall–Kier alpha value is -0.790. The van der Waals surface area contributed by atoms with Gasteiger partial charge in [0.1, 0.15) is 11.9 Å². The predicted octanol–water partition coefficient (Wildman–Crippen LogP) is 3.07. The zero-order chi connectivity index (χ0) is 11.0. The monoisotopic (exact) mass is 208 g/mol. The molecule has 1 heterocycles. The van der Waals surface area contributed by atoms with Gasteiger partial charge in [-0.3, -0.25) is 4.79 Å². The zero-order valence-corrected chi connectivity index (χ0v) is 9.88. The minimum atomic E-state index is 0.310. The molecule has 0 aromatic carbocycles. The van der Waals surface area contributed by atoms with E-state index in [0.29, 0.717) is 23.7 Å². The fraction of sp³-hybridized carbons (Fsp3) is 0.769. The van der Waals surface area contributed by atoms with Crippen molar-refractivity contribution in [2.24, 2.45) is 11.8 Å². The van der Waals surface area contributed by atoms with Crippen molar-refractivity contribution in [3.63, 3.8) is 0 Å². The summed E-state index contributed by atoms with van der Waals surface area (Å²) in [7, 11) is 0. The number of carbonyl (C=O) groups is 1. The van der Waals surface area contributed by atoms with Gasteiger partial charge in [0, 0.05) is 18.4 Å². The van der Waals surface area contributed by atoms with Gasteiger partial charge < -0.3 is 4.74 Å². The van der Waals surface area contributed by atoms with E-state index in [4.69, 9.17) is 4.74 Å². The van der Waals surface area contributed by atoms with Crippen LogP contribution in [-0.2, 0) is 9.53 Å². The summed E-state index contributed by atoms with van der Waals surface area (Å²) in [6, 6.07) is 0. The second-order valence-corrected chi connectivity index (χ2v) is 5.15. The number of Topliss-reactive ketones (excluding diaryl/α,β-unsaturated/α-hetero) is 1. The number of hydrogen-bond donors (Lipinski definition) is 0. The predicted molar refractivity (Wildman–Crippen MR) is 59.4 cm³/mol. The Morgan fingerprint density at radius 2 is 2.07 bits per heavy atom. The fourth-order valence-corrected chi connectivity index (χ4v) is 2.61. The molecule has 0 aromatic heterocycles. The highest BCUT2D eigenvalue weighted by molar-refractivity contribution is 5.97. The van der Waals surface area contributed by atoms with Gasteiger partial charge in [0.2, 0.25) is 0 Å². The second-order valence-electron chi connectivity index (χ2n) is 5.15. The highest BCUT2D eigenvalue weighted by Crippen LogP contribution is 2.37. The third kappa shape index (κ3) is 1.95. The second kappa shape index (κ2) is 3.99. The number of ketones is 1. The first kappa shape index (κ1) is 10.7. The number of carbonyl (C=O) groups excluding carboxylic acids is 1. The first-order valence-corrected chi connectivity index (χ1v) is 6.02. The van der Waals surface area contributed by atoms with E-state index in [1.165, 1.54) is 0 Å². The highest BCUT2D eigenvalue weighted by atomic mass is 16.5. The lowest BCUT2D eigenvalue weighted by atomic mass is 9.81. The van der Waals surface area contributed by atoms with Crippen molar-refractivity contribution in [2.45, 2.75) is 52.6 Å². The van der Waals surface area contributed by atoms with Crippen molar-refractivity contribution in [1.82, 2.24) is 0 Å². The first-order chi connectivity index (χ1) is 7.09. The zero-order valence-electron chi connectivity index (χ0n) is 9.88. The van der Waals surface area contributed by atoms with Crippen LogP contribution >= 0.6 is 0 Å². The summed E-state index contributed by atoms with van der Waals surface area (Å²) in [5.74, 6) is 2.27. The molecule has 0 amide bonds. The maximum atomic E-state index is 11.8. The smallest absolute Gasteiger partial charge is 0.162 e. The Morgan fingerprint density at radius 1 is 1.33 bits per heavy atom. The summed E-state index contributed by atoms with van der Waals surface area (Å²) >= 11 is 0. The fourth-order valence-electron chi connectivity index (χ4n) is 2.61. The molecule has 0 saturated heterocycles. The Kier molecular flexibility index (Phi) is 2.85. The summed E-state index contributed by atoms with van der Waals surface area (Å²) in [4.78, 5) is 11.8. The molecule has 2 atom stereocenters. The number of rotatable bonds is 1. The quantitative estimate of drug-likeness (QED) is 0.662. The van der Waals surface area contributed by atoms with Gasteiger partial charge in [-0.1, -0.05) is 20.8 Å². The average molecular weight is 208 g/mol. The minimum Gasteiger partial charge on any atom is -0.494 e. The molecule has 2 unspecified atom stereocenters. The summed E-state index contributed by atoms with van der Waals surface area (Å²) in [6.45, 7) is 6.54. The van der Waals surface area contributed by atoms with E-state index >= 15 is 0 Å². The van der Waals surface area contributed by atoms with Gasteiger partial charge in [-0.05, 0) is 24.7 Å². The Bertz CT molecular complexity index is 302. The van der Waals surface area contributed by atoms with Crippen molar-refractivity contribution in [2.75, 3.05) is 0 Å². The molecule has 0 bridgehead atoms. The molecule has 0 N–H and O–H groups in total. The molecule has 0 radical (unpaired) electrons. The Balaban J connectivity index is 2.25. The normalized spacial score (nSPS) is 31.6. The van der Waals surface area contributed by atoms with Crippen molar-refractivity contribution < 1.29 is 9.53 Å². The van der Waals surface area contributed by atoms with Gasteiger partial charge >= 0.3 is 0 Å². The number of allylic oxidation sites excluding steroid dienone is 2. The standard InChI is InChI=1S/C13H20O2/c1-8(2)12-7-9(3)13-10(14)5-4-6-11(13)15-12/h8-9,12H,4-7H2,1-3H3. The molecule has 1 aliphatic heterocycles. The maximum Gasteiger partial charge on any atom is 0.162 e. The topological polar surface area (TPSA) is 26.3 Å². The van der Waals surface area contributed by atoms with Crippen LogP contribution in [0.15, 0.2) is 11.3 Å². The van der Waals surface area contributed by atoms with E-state index in [1.54, 1.807) is 0 Å². The van der Waals surface area contributed by atoms with Gasteiger partial charge in [-0.15, -0.1) is 0 Å². The van der Waals surface area contributed by atoms with Gasteiger partial charge in [-0.2, -0.15) is 0 Å². The first-order valence-electron chi connectivity index (χ1n) is 6.02. The van der Waals surface area contributed by atoms with E-state index in [2.05, 4.69) is 20.8 Å². The van der Waals surface area contributed by atoms with Crippen LogP contribution < -0.4 is 0 Å². The SMILES string of the molecule is CC1CC(C(C)C)OC2=C1C(=O)CCC2. The molecular weight excluding hydrogens is 188 g/mol. The van der Waals surface area contributed by atoms with E-state index in [9.17, 15) is 4.79 Å². The summed E-state index contributed by atoms with van der Waals surface area (Å²) in [6.07, 6.45) is 3.97. The van der Waals surface area contributed by atoms with Crippen LogP contribution in [-0.4, -0.2) is 11.9 Å². The summed E-state index contributed by atoms with van der Waals surface area (Å²) < 4.78 is 5.95. The molecular formula is C13H20O2. The van der Waals surface area contributed by atoms with Gasteiger partial charge in [-0.25, -0.2) is 0 Å². The van der Waals surface area contributed by atoms with Crippen LogP contribution in [0.3, 0.4) is 0 Å². The molecule has 2 rings (SSSR count). The van der Waals surface area contributed by atoms with Crippen LogP contribution in [0.2, 0.25) is 0 Å². The molecule has 84 valence electrons. The molecule has 2 heteroatoms. The van der Waals surface area contributed by atoms with Crippen molar-refractivity contribution in [3.05, 3.63) is 11.3 Å². The third-order valence-corrected chi connectivity index (χ3v) is 3.52.